The van der Waals surface area contributed by atoms with E-state index in [1.54, 1.807) is 0 Å². The Morgan fingerprint density at radius 3 is 2.19 bits per heavy atom. The molecule has 0 bridgehead atoms. The summed E-state index contributed by atoms with van der Waals surface area (Å²) in [6, 6.07) is 9.54. The Kier molecular flexibility index (Phi) is 9.38. The number of guanidine groups is 1. The van der Waals surface area contributed by atoms with Crippen molar-refractivity contribution < 1.29 is 26.4 Å². The number of sulfonamides is 1. The maximum absolute atomic E-state index is 13.3. The zero-order chi connectivity index (χ0) is 26.0. The van der Waals surface area contributed by atoms with E-state index < -0.39 is 33.7 Å². The molecule has 8 nitrogen and oxygen atoms in total. The molecule has 2 aromatic rings. The minimum atomic E-state index is -4.61. The van der Waals surface area contributed by atoms with Crippen LogP contribution >= 0.6 is 12.4 Å². The number of piperazine rings is 1. The molecule has 1 atom stereocenters. The summed E-state index contributed by atoms with van der Waals surface area (Å²) in [5.74, 6) is -0.555. The number of benzene rings is 2. The molecule has 0 radical (unpaired) electrons. The number of halogens is 4. The first-order valence-corrected chi connectivity index (χ1v) is 12.4. The average Bonchev–Trinajstić information content (AvgIpc) is 2.81. The Morgan fingerprint density at radius 2 is 1.69 bits per heavy atom. The highest BCUT2D eigenvalue weighted by molar-refractivity contribution is 7.89. The average molecular weight is 548 g/mol. The van der Waals surface area contributed by atoms with E-state index in [9.17, 15) is 26.4 Å². The number of nitrogens with two attached hydrogens (primary N) is 1. The minimum Gasteiger partial charge on any atom is -0.370 e. The van der Waals surface area contributed by atoms with Gasteiger partial charge in [-0.15, -0.1) is 12.4 Å². The molecule has 0 unspecified atom stereocenters. The molecule has 1 saturated heterocycles. The third-order valence-electron chi connectivity index (χ3n) is 5.88. The van der Waals surface area contributed by atoms with Crippen molar-refractivity contribution in [1.82, 2.24) is 14.5 Å². The van der Waals surface area contributed by atoms with Crippen molar-refractivity contribution >= 4 is 34.3 Å². The third kappa shape index (κ3) is 6.68. The van der Waals surface area contributed by atoms with E-state index in [-0.39, 0.29) is 49.4 Å². The van der Waals surface area contributed by atoms with Gasteiger partial charge in [0.2, 0.25) is 15.9 Å². The van der Waals surface area contributed by atoms with Crippen LogP contribution in [0, 0.1) is 5.41 Å². The van der Waals surface area contributed by atoms with E-state index in [1.165, 1.54) is 4.90 Å². The second-order valence-corrected chi connectivity index (χ2v) is 10.5. The maximum atomic E-state index is 13.3. The van der Waals surface area contributed by atoms with Crippen LogP contribution in [0.15, 0.2) is 53.4 Å². The van der Waals surface area contributed by atoms with Crippen molar-refractivity contribution in [3.63, 3.8) is 0 Å². The van der Waals surface area contributed by atoms with Crippen LogP contribution in [0.1, 0.15) is 36.5 Å². The van der Waals surface area contributed by atoms with Crippen molar-refractivity contribution in [3.05, 3.63) is 65.2 Å². The molecule has 0 aliphatic carbocycles. The SMILES string of the molecule is CC(C)c1ccc(CNC(=O)[C@H]2CN(C(=N)N)CCN2S(=O)(=O)c2ccc(C(F)(F)F)cc2)cc1.Cl. The van der Waals surface area contributed by atoms with Crippen molar-refractivity contribution in [2.75, 3.05) is 19.6 Å². The lowest BCUT2D eigenvalue weighted by Crippen LogP contribution is -2.62. The van der Waals surface area contributed by atoms with Crippen LogP contribution in [0.3, 0.4) is 0 Å². The summed E-state index contributed by atoms with van der Waals surface area (Å²) in [7, 11) is -4.30. The molecular formula is C23H29ClF3N5O3S. The first-order valence-electron chi connectivity index (χ1n) is 11.0. The third-order valence-corrected chi connectivity index (χ3v) is 7.80. The molecule has 198 valence electrons. The number of hydrogen-bond donors (Lipinski definition) is 3. The van der Waals surface area contributed by atoms with Crippen LogP contribution in [0.4, 0.5) is 13.2 Å². The largest absolute Gasteiger partial charge is 0.416 e. The Balaban J connectivity index is 0.00000456. The minimum absolute atomic E-state index is 0. The lowest BCUT2D eigenvalue weighted by atomic mass is 10.0. The number of amides is 1. The van der Waals surface area contributed by atoms with Gasteiger partial charge in [-0.1, -0.05) is 38.1 Å². The molecule has 3 rings (SSSR count). The van der Waals surface area contributed by atoms with Gasteiger partial charge in [0.25, 0.3) is 0 Å². The van der Waals surface area contributed by atoms with Crippen LogP contribution < -0.4 is 11.1 Å². The molecule has 1 aliphatic rings. The zero-order valence-corrected chi connectivity index (χ0v) is 21.4. The number of rotatable bonds is 6. The zero-order valence-electron chi connectivity index (χ0n) is 19.7. The van der Waals surface area contributed by atoms with Gasteiger partial charge in [-0.25, -0.2) is 8.42 Å². The smallest absolute Gasteiger partial charge is 0.370 e. The molecule has 1 amide bonds. The second-order valence-electron chi connectivity index (χ2n) is 8.60. The summed E-state index contributed by atoms with van der Waals surface area (Å²) >= 11 is 0. The van der Waals surface area contributed by atoms with Crippen LogP contribution in [0.5, 0.6) is 0 Å². The molecule has 13 heteroatoms. The van der Waals surface area contributed by atoms with Crippen LogP contribution in [-0.4, -0.2) is 55.2 Å². The normalized spacial score (nSPS) is 16.9. The van der Waals surface area contributed by atoms with E-state index in [0.29, 0.717) is 18.1 Å². The van der Waals surface area contributed by atoms with Crippen LogP contribution in [-0.2, 0) is 27.5 Å². The van der Waals surface area contributed by atoms with E-state index in [1.807, 2.05) is 24.3 Å². The first kappa shape index (κ1) is 29.4. The monoisotopic (exact) mass is 547 g/mol. The Morgan fingerprint density at radius 1 is 1.11 bits per heavy atom. The van der Waals surface area contributed by atoms with Gasteiger partial charge >= 0.3 is 6.18 Å². The first-order chi connectivity index (χ1) is 16.3. The van der Waals surface area contributed by atoms with Crippen LogP contribution in [0.25, 0.3) is 0 Å². The Hall–Kier alpha value is -2.83. The van der Waals surface area contributed by atoms with E-state index in [2.05, 4.69) is 19.2 Å². The Labute approximate surface area is 214 Å². The van der Waals surface area contributed by atoms with E-state index in [0.717, 1.165) is 27.6 Å². The van der Waals surface area contributed by atoms with Crippen molar-refractivity contribution in [3.8, 4) is 0 Å². The van der Waals surface area contributed by atoms with Crippen LogP contribution in [0.2, 0.25) is 0 Å². The molecule has 0 aromatic heterocycles. The van der Waals surface area contributed by atoms with E-state index in [4.69, 9.17) is 11.1 Å². The van der Waals surface area contributed by atoms with Gasteiger partial charge in [-0.3, -0.25) is 10.2 Å². The van der Waals surface area contributed by atoms with Crippen molar-refractivity contribution in [1.29, 1.82) is 5.41 Å². The topological polar surface area (TPSA) is 120 Å². The Bertz CT molecular complexity index is 1170. The number of alkyl halides is 3. The summed E-state index contributed by atoms with van der Waals surface area (Å²) in [4.78, 5) is 14.1. The predicted octanol–water partition coefficient (Wildman–Crippen LogP) is 3.14. The van der Waals surface area contributed by atoms with Gasteiger partial charge in [0, 0.05) is 26.2 Å². The van der Waals surface area contributed by atoms with Crippen molar-refractivity contribution in [2.24, 2.45) is 5.73 Å². The van der Waals surface area contributed by atoms with Gasteiger partial charge in [0.1, 0.15) is 6.04 Å². The summed E-state index contributed by atoms with van der Waals surface area (Å²) in [6.45, 7) is 4.02. The standard InChI is InChI=1S/C23H28F3N5O3S.ClH/c1-15(2)17-5-3-16(4-6-17)13-29-21(32)20-14-30(22(27)28)11-12-31(20)35(33,34)19-9-7-18(8-10-19)23(24,25)26;/h3-10,15,20H,11-14H2,1-2H3,(H3,27,28)(H,29,32);1H/t20-;/m1./s1. The molecule has 4 N–H and O–H groups in total. The lowest BCUT2D eigenvalue weighted by molar-refractivity contribution is -0.137. The highest BCUT2D eigenvalue weighted by atomic mass is 35.5. The fourth-order valence-electron chi connectivity index (χ4n) is 3.77. The maximum Gasteiger partial charge on any atom is 0.416 e. The summed E-state index contributed by atoms with van der Waals surface area (Å²) in [5.41, 5.74) is 6.54. The number of nitrogens with zero attached hydrogens (tertiary/aromatic N) is 2. The van der Waals surface area contributed by atoms with E-state index >= 15 is 0 Å². The number of carbonyl (C=O) groups excluding carboxylic acids is 1. The fourth-order valence-corrected chi connectivity index (χ4v) is 5.34. The number of hydrogen-bond acceptors (Lipinski definition) is 4. The van der Waals surface area contributed by atoms with Gasteiger partial charge in [-0.2, -0.15) is 17.5 Å². The van der Waals surface area contributed by atoms with Gasteiger partial charge in [-0.05, 0) is 41.3 Å². The summed E-state index contributed by atoms with van der Waals surface area (Å²) in [6.07, 6.45) is -4.61. The van der Waals surface area contributed by atoms with Crippen molar-refractivity contribution in [2.45, 2.75) is 43.4 Å². The molecule has 36 heavy (non-hydrogen) atoms. The fraction of sp³-hybridized carbons (Fsp3) is 0.391. The highest BCUT2D eigenvalue weighted by Crippen LogP contribution is 2.31. The summed E-state index contributed by atoms with van der Waals surface area (Å²) < 4.78 is 66.2. The molecule has 0 saturated carbocycles. The highest BCUT2D eigenvalue weighted by Gasteiger charge is 2.41. The van der Waals surface area contributed by atoms with Gasteiger partial charge in [0.05, 0.1) is 10.5 Å². The predicted molar refractivity (Wildman–Crippen MR) is 132 cm³/mol. The molecule has 1 heterocycles. The number of carbonyl (C=O) groups is 1. The lowest BCUT2D eigenvalue weighted by Gasteiger charge is -2.39. The van der Waals surface area contributed by atoms with Gasteiger partial charge in [0.15, 0.2) is 5.96 Å². The quantitative estimate of drug-likeness (QED) is 0.379. The molecule has 0 spiro atoms. The summed E-state index contributed by atoms with van der Waals surface area (Å²) in [5, 5.41) is 10.4. The molecule has 2 aromatic carbocycles. The molecular weight excluding hydrogens is 519 g/mol. The molecule has 1 fully saturated rings. The van der Waals surface area contributed by atoms with Gasteiger partial charge < -0.3 is 16.0 Å². The second kappa shape index (κ2) is 11.5. The molecule has 1 aliphatic heterocycles. The number of nitrogens with one attached hydrogen (secondary N) is 2.